The summed E-state index contributed by atoms with van der Waals surface area (Å²) < 4.78 is 25.7. The monoisotopic (exact) mass is 373 g/mol. The molecule has 27 heavy (non-hydrogen) atoms. The Morgan fingerprint density at radius 1 is 1.19 bits per heavy atom. The largest absolute Gasteiger partial charge is 0.505 e. The number of benzene rings is 1. The molecule has 3 heterocycles. The number of aromatic hydroxyl groups is 1. The molecule has 0 aliphatic carbocycles. The average molecular weight is 373 g/mol. The molecule has 1 unspecified atom stereocenters. The van der Waals surface area contributed by atoms with E-state index in [4.69, 9.17) is 9.47 Å². The van der Waals surface area contributed by atoms with E-state index in [0.717, 1.165) is 38.0 Å². The Morgan fingerprint density at radius 3 is 2.89 bits per heavy atom. The van der Waals surface area contributed by atoms with E-state index in [1.54, 1.807) is 12.1 Å². The molecule has 0 bridgehead atoms. The first-order valence-electron chi connectivity index (χ1n) is 9.49. The average Bonchev–Trinajstić information content (AvgIpc) is 2.71. The second-order valence-corrected chi connectivity index (χ2v) is 7.11. The molecular weight excluding hydrogens is 349 g/mol. The van der Waals surface area contributed by atoms with E-state index >= 15 is 0 Å². The van der Waals surface area contributed by atoms with E-state index in [0.29, 0.717) is 31.2 Å². The highest BCUT2D eigenvalue weighted by atomic mass is 19.1. The van der Waals surface area contributed by atoms with Crippen LogP contribution in [0.1, 0.15) is 37.2 Å². The van der Waals surface area contributed by atoms with E-state index in [9.17, 15) is 9.50 Å². The molecule has 0 amide bonds. The van der Waals surface area contributed by atoms with Crippen LogP contribution in [0.15, 0.2) is 30.6 Å². The molecule has 2 aromatic rings. The first-order chi connectivity index (χ1) is 13.2. The van der Waals surface area contributed by atoms with Crippen LogP contribution in [-0.2, 0) is 4.74 Å². The second-order valence-electron chi connectivity index (χ2n) is 7.11. The molecular formula is C20H24FN3O3. The summed E-state index contributed by atoms with van der Waals surface area (Å²) >= 11 is 0. The number of phenolic OH excluding ortho intramolecular Hbond substituents is 1. The maximum Gasteiger partial charge on any atom is 0.218 e. The minimum atomic E-state index is -0.518. The quantitative estimate of drug-likeness (QED) is 0.887. The molecule has 1 atom stereocenters. The maximum absolute atomic E-state index is 14.3. The molecule has 1 N–H and O–H groups in total. The van der Waals surface area contributed by atoms with Gasteiger partial charge in [0.2, 0.25) is 5.88 Å². The van der Waals surface area contributed by atoms with E-state index in [-0.39, 0.29) is 17.8 Å². The van der Waals surface area contributed by atoms with Crippen molar-refractivity contribution in [1.82, 2.24) is 9.97 Å². The van der Waals surface area contributed by atoms with Gasteiger partial charge in [-0.15, -0.1) is 0 Å². The lowest BCUT2D eigenvalue weighted by molar-refractivity contribution is 0.0237. The highest BCUT2D eigenvalue weighted by Gasteiger charge is 2.26. The molecule has 6 nitrogen and oxygen atoms in total. The molecule has 0 radical (unpaired) electrons. The summed E-state index contributed by atoms with van der Waals surface area (Å²) in [6, 6.07) is 6.68. The fourth-order valence-electron chi connectivity index (χ4n) is 3.82. The highest BCUT2D eigenvalue weighted by Crippen LogP contribution is 2.33. The first kappa shape index (κ1) is 18.0. The van der Waals surface area contributed by atoms with Crippen LogP contribution >= 0.6 is 0 Å². The summed E-state index contributed by atoms with van der Waals surface area (Å²) in [6.45, 7) is 2.93. The standard InChI is InChI=1S/C20H24FN3O3/c21-20-16(4-1-5-17(20)25)14-3-2-8-24(12-14)18-11-19(23-13-22-18)27-15-6-9-26-10-7-15/h1,4-5,11,13-15,25H,2-3,6-10,12H2. The topological polar surface area (TPSA) is 67.7 Å². The van der Waals surface area contributed by atoms with Gasteiger partial charge in [-0.1, -0.05) is 12.1 Å². The van der Waals surface area contributed by atoms with E-state index in [2.05, 4.69) is 14.9 Å². The van der Waals surface area contributed by atoms with Gasteiger partial charge >= 0.3 is 0 Å². The van der Waals surface area contributed by atoms with Crippen LogP contribution in [0.25, 0.3) is 0 Å². The highest BCUT2D eigenvalue weighted by molar-refractivity contribution is 5.43. The van der Waals surface area contributed by atoms with Gasteiger partial charge < -0.3 is 19.5 Å². The Bertz CT molecular complexity index is 783. The molecule has 0 saturated carbocycles. The van der Waals surface area contributed by atoms with E-state index in [1.165, 1.54) is 12.4 Å². The van der Waals surface area contributed by atoms with Crippen LogP contribution in [0.3, 0.4) is 0 Å². The predicted molar refractivity (Wildman–Crippen MR) is 98.8 cm³/mol. The summed E-state index contributed by atoms with van der Waals surface area (Å²) in [4.78, 5) is 10.8. The van der Waals surface area contributed by atoms with Crippen LogP contribution in [-0.4, -0.2) is 47.5 Å². The van der Waals surface area contributed by atoms with Crippen LogP contribution < -0.4 is 9.64 Å². The Balaban J connectivity index is 1.48. The van der Waals surface area contributed by atoms with E-state index < -0.39 is 5.82 Å². The molecule has 2 aliphatic rings. The Labute approximate surface area is 158 Å². The summed E-state index contributed by atoms with van der Waals surface area (Å²) in [6.07, 6.45) is 5.18. The Morgan fingerprint density at radius 2 is 2.04 bits per heavy atom. The number of anilines is 1. The summed E-state index contributed by atoms with van der Waals surface area (Å²) in [5, 5.41) is 9.67. The third kappa shape index (κ3) is 4.13. The van der Waals surface area contributed by atoms with Gasteiger partial charge in [-0.05, 0) is 24.5 Å². The number of piperidine rings is 1. The normalized spacial score (nSPS) is 21.2. The smallest absolute Gasteiger partial charge is 0.218 e. The lowest BCUT2D eigenvalue weighted by atomic mass is 9.90. The first-order valence-corrected chi connectivity index (χ1v) is 9.49. The van der Waals surface area contributed by atoms with Gasteiger partial charge in [0.05, 0.1) is 13.2 Å². The zero-order valence-electron chi connectivity index (χ0n) is 15.2. The van der Waals surface area contributed by atoms with Crippen molar-refractivity contribution in [2.75, 3.05) is 31.2 Å². The van der Waals surface area contributed by atoms with Crippen molar-refractivity contribution < 1.29 is 19.0 Å². The number of hydrogen-bond donors (Lipinski definition) is 1. The van der Waals surface area contributed by atoms with Crippen molar-refractivity contribution in [1.29, 1.82) is 0 Å². The molecule has 1 aromatic carbocycles. The Hall–Kier alpha value is -2.41. The van der Waals surface area contributed by atoms with Gasteiger partial charge in [0.15, 0.2) is 11.6 Å². The molecule has 1 aromatic heterocycles. The lowest BCUT2D eigenvalue weighted by Gasteiger charge is -2.34. The number of rotatable bonds is 4. The molecule has 2 aliphatic heterocycles. The van der Waals surface area contributed by atoms with Crippen molar-refractivity contribution in [3.63, 3.8) is 0 Å². The number of nitrogens with zero attached hydrogens (tertiary/aromatic N) is 3. The zero-order valence-corrected chi connectivity index (χ0v) is 15.2. The number of halogens is 1. The van der Waals surface area contributed by atoms with Crippen LogP contribution in [0.4, 0.5) is 10.2 Å². The third-order valence-corrected chi connectivity index (χ3v) is 5.28. The third-order valence-electron chi connectivity index (χ3n) is 5.28. The number of aromatic nitrogens is 2. The van der Waals surface area contributed by atoms with Crippen LogP contribution in [0.5, 0.6) is 11.6 Å². The van der Waals surface area contributed by atoms with Gasteiger partial charge in [0, 0.05) is 37.9 Å². The van der Waals surface area contributed by atoms with Crippen molar-refractivity contribution in [2.24, 2.45) is 0 Å². The molecule has 2 saturated heterocycles. The molecule has 144 valence electrons. The van der Waals surface area contributed by atoms with Gasteiger partial charge in [-0.25, -0.2) is 14.4 Å². The zero-order chi connectivity index (χ0) is 18.6. The SMILES string of the molecule is Oc1cccc(C2CCCN(c3cc(OC4CCOCC4)ncn3)C2)c1F. The Kier molecular flexibility index (Phi) is 5.38. The minimum Gasteiger partial charge on any atom is -0.505 e. The minimum absolute atomic E-state index is 0.0145. The second kappa shape index (κ2) is 8.08. The number of phenols is 1. The predicted octanol–water partition coefficient (Wildman–Crippen LogP) is 3.26. The summed E-state index contributed by atoms with van der Waals surface area (Å²) in [5.74, 6) is 0.560. The van der Waals surface area contributed by atoms with Crippen molar-refractivity contribution in [2.45, 2.75) is 37.7 Å². The van der Waals surface area contributed by atoms with Gasteiger partial charge in [0.1, 0.15) is 18.2 Å². The molecule has 4 rings (SSSR count). The summed E-state index contributed by atoms with van der Waals surface area (Å²) in [7, 11) is 0. The van der Waals surface area contributed by atoms with Crippen LogP contribution in [0.2, 0.25) is 0 Å². The maximum atomic E-state index is 14.3. The molecule has 0 spiro atoms. The van der Waals surface area contributed by atoms with E-state index in [1.807, 2.05) is 6.07 Å². The van der Waals surface area contributed by atoms with Crippen molar-refractivity contribution >= 4 is 5.82 Å². The van der Waals surface area contributed by atoms with Crippen molar-refractivity contribution in [3.8, 4) is 11.6 Å². The number of hydrogen-bond acceptors (Lipinski definition) is 6. The van der Waals surface area contributed by atoms with Gasteiger partial charge in [0.25, 0.3) is 0 Å². The van der Waals surface area contributed by atoms with Gasteiger partial charge in [-0.2, -0.15) is 0 Å². The fraction of sp³-hybridized carbons (Fsp3) is 0.500. The molecule has 2 fully saturated rings. The molecule has 7 heteroatoms. The van der Waals surface area contributed by atoms with Gasteiger partial charge in [-0.3, -0.25) is 0 Å². The van der Waals surface area contributed by atoms with Crippen molar-refractivity contribution in [3.05, 3.63) is 42.0 Å². The summed E-state index contributed by atoms with van der Waals surface area (Å²) in [5.41, 5.74) is 0.562. The van der Waals surface area contributed by atoms with Crippen LogP contribution in [0, 0.1) is 5.82 Å². The fourth-order valence-corrected chi connectivity index (χ4v) is 3.82. The lowest BCUT2D eigenvalue weighted by Crippen LogP contribution is -2.35. The number of ether oxygens (including phenoxy) is 2.